The number of amides is 2. The summed E-state index contributed by atoms with van der Waals surface area (Å²) in [5, 5.41) is 12.1. The summed E-state index contributed by atoms with van der Waals surface area (Å²) in [6.07, 6.45) is 0.443. The molecule has 1 saturated heterocycles. The molecule has 1 fully saturated rings. The maximum absolute atomic E-state index is 12.2. The molecule has 124 valence electrons. The zero-order valence-electron chi connectivity index (χ0n) is 13.4. The Labute approximate surface area is 135 Å². The van der Waals surface area contributed by atoms with Crippen molar-refractivity contribution in [1.82, 2.24) is 10.2 Å². The van der Waals surface area contributed by atoms with Gasteiger partial charge in [-0.15, -0.1) is 0 Å². The van der Waals surface area contributed by atoms with Gasteiger partial charge in [-0.1, -0.05) is 32.0 Å². The molecule has 1 atom stereocenters. The fraction of sp³-hybridized carbons (Fsp3) is 0.471. The minimum Gasteiger partial charge on any atom is -0.481 e. The zero-order chi connectivity index (χ0) is 17.0. The first kappa shape index (κ1) is 17.0. The highest BCUT2D eigenvalue weighted by atomic mass is 16.4. The number of likely N-dealkylation sites (tertiary alicyclic amines) is 1. The smallest absolute Gasteiger partial charge is 0.311 e. The number of carboxylic acid groups (broad SMARTS) is 1. The maximum atomic E-state index is 12.2. The van der Waals surface area contributed by atoms with Gasteiger partial charge in [0.2, 0.25) is 5.91 Å². The zero-order valence-corrected chi connectivity index (χ0v) is 13.4. The van der Waals surface area contributed by atoms with E-state index in [1.165, 1.54) is 4.90 Å². The number of carbonyl (C=O) groups excluding carboxylic acids is 2. The predicted molar refractivity (Wildman–Crippen MR) is 84.9 cm³/mol. The van der Waals surface area contributed by atoms with E-state index in [1.807, 2.05) is 19.9 Å². The molecule has 0 bridgehead atoms. The van der Waals surface area contributed by atoms with E-state index in [9.17, 15) is 19.5 Å². The highest BCUT2D eigenvalue weighted by Crippen LogP contribution is 2.38. The molecule has 1 aliphatic heterocycles. The monoisotopic (exact) mass is 318 g/mol. The van der Waals surface area contributed by atoms with Gasteiger partial charge in [0.05, 0.1) is 12.0 Å². The summed E-state index contributed by atoms with van der Waals surface area (Å²) in [7, 11) is 0. The first-order chi connectivity index (χ1) is 10.9. The number of carbonyl (C=O) groups is 3. The summed E-state index contributed by atoms with van der Waals surface area (Å²) in [5.74, 6) is -1.49. The SMILES string of the molecule is CC(C)C1(C(=O)O)CCN(C(=O)CNC(=O)c2ccccc2)C1. The van der Waals surface area contributed by atoms with Crippen LogP contribution in [0.25, 0.3) is 0 Å². The second-order valence-corrected chi connectivity index (χ2v) is 6.23. The van der Waals surface area contributed by atoms with Gasteiger partial charge in [-0.05, 0) is 24.5 Å². The van der Waals surface area contributed by atoms with Gasteiger partial charge in [0.1, 0.15) is 0 Å². The number of aliphatic carboxylic acids is 1. The van der Waals surface area contributed by atoms with Crippen molar-refractivity contribution in [3.05, 3.63) is 35.9 Å². The number of rotatable bonds is 5. The molecule has 23 heavy (non-hydrogen) atoms. The van der Waals surface area contributed by atoms with Crippen molar-refractivity contribution in [3.63, 3.8) is 0 Å². The van der Waals surface area contributed by atoms with E-state index >= 15 is 0 Å². The first-order valence-electron chi connectivity index (χ1n) is 7.71. The largest absolute Gasteiger partial charge is 0.481 e. The van der Waals surface area contributed by atoms with E-state index < -0.39 is 11.4 Å². The minimum atomic E-state index is -0.890. The molecule has 1 aliphatic rings. The third-order valence-electron chi connectivity index (χ3n) is 4.62. The van der Waals surface area contributed by atoms with Crippen LogP contribution >= 0.6 is 0 Å². The van der Waals surface area contributed by atoms with Crippen LogP contribution < -0.4 is 5.32 Å². The van der Waals surface area contributed by atoms with Crippen LogP contribution in [0, 0.1) is 11.3 Å². The van der Waals surface area contributed by atoms with Crippen molar-refractivity contribution in [2.75, 3.05) is 19.6 Å². The van der Waals surface area contributed by atoms with Crippen molar-refractivity contribution in [2.24, 2.45) is 11.3 Å². The molecule has 0 spiro atoms. The molecule has 2 rings (SSSR count). The predicted octanol–water partition coefficient (Wildman–Crippen LogP) is 1.38. The van der Waals surface area contributed by atoms with Crippen molar-refractivity contribution < 1.29 is 19.5 Å². The Morgan fingerprint density at radius 2 is 1.91 bits per heavy atom. The van der Waals surface area contributed by atoms with Crippen LogP contribution in [0.3, 0.4) is 0 Å². The van der Waals surface area contributed by atoms with E-state index in [2.05, 4.69) is 5.32 Å². The summed E-state index contributed by atoms with van der Waals surface area (Å²) in [4.78, 5) is 37.3. The molecule has 2 N–H and O–H groups in total. The average molecular weight is 318 g/mol. The first-order valence-corrected chi connectivity index (χ1v) is 7.71. The van der Waals surface area contributed by atoms with Gasteiger partial charge in [0.15, 0.2) is 0 Å². The van der Waals surface area contributed by atoms with E-state index in [4.69, 9.17) is 0 Å². The molecule has 1 aromatic rings. The number of benzene rings is 1. The van der Waals surface area contributed by atoms with Crippen LogP contribution in [0.4, 0.5) is 0 Å². The topological polar surface area (TPSA) is 86.7 Å². The molecule has 0 saturated carbocycles. The highest BCUT2D eigenvalue weighted by Gasteiger charge is 2.48. The van der Waals surface area contributed by atoms with Gasteiger partial charge < -0.3 is 15.3 Å². The van der Waals surface area contributed by atoms with Crippen molar-refractivity contribution in [3.8, 4) is 0 Å². The number of hydrogen-bond acceptors (Lipinski definition) is 3. The molecule has 1 unspecified atom stereocenters. The van der Waals surface area contributed by atoms with Crippen LogP contribution in [0.15, 0.2) is 30.3 Å². The highest BCUT2D eigenvalue weighted by molar-refractivity contribution is 5.96. The maximum Gasteiger partial charge on any atom is 0.311 e. The van der Waals surface area contributed by atoms with Crippen molar-refractivity contribution in [2.45, 2.75) is 20.3 Å². The minimum absolute atomic E-state index is 0.0586. The summed E-state index contributed by atoms with van der Waals surface area (Å²) in [6, 6.07) is 8.65. The molecule has 2 amide bonds. The normalized spacial score (nSPS) is 20.6. The Balaban J connectivity index is 1.93. The van der Waals surface area contributed by atoms with Gasteiger partial charge >= 0.3 is 5.97 Å². The van der Waals surface area contributed by atoms with E-state index in [0.717, 1.165) is 0 Å². The van der Waals surface area contributed by atoms with Gasteiger partial charge in [-0.3, -0.25) is 14.4 Å². The second-order valence-electron chi connectivity index (χ2n) is 6.23. The summed E-state index contributed by atoms with van der Waals surface area (Å²) < 4.78 is 0. The molecule has 0 radical (unpaired) electrons. The molecule has 1 heterocycles. The number of hydrogen-bond donors (Lipinski definition) is 2. The standard InChI is InChI=1S/C17H22N2O4/c1-12(2)17(16(22)23)8-9-19(11-17)14(20)10-18-15(21)13-6-4-3-5-7-13/h3-7,12H,8-11H2,1-2H3,(H,18,21)(H,22,23). The lowest BCUT2D eigenvalue weighted by Gasteiger charge is -2.28. The average Bonchev–Trinajstić information content (AvgIpc) is 3.00. The Bertz CT molecular complexity index is 600. The lowest BCUT2D eigenvalue weighted by Crippen LogP contribution is -2.43. The van der Waals surface area contributed by atoms with E-state index in [1.54, 1.807) is 24.3 Å². The summed E-state index contributed by atoms with van der Waals surface area (Å²) >= 11 is 0. The lowest BCUT2D eigenvalue weighted by atomic mass is 9.76. The summed E-state index contributed by atoms with van der Waals surface area (Å²) in [5.41, 5.74) is -0.400. The van der Waals surface area contributed by atoms with Crippen LogP contribution in [0.5, 0.6) is 0 Å². The number of nitrogens with one attached hydrogen (secondary N) is 1. The third-order valence-corrected chi connectivity index (χ3v) is 4.62. The molecular weight excluding hydrogens is 296 g/mol. The molecule has 6 nitrogen and oxygen atoms in total. The fourth-order valence-corrected chi connectivity index (χ4v) is 2.90. The third kappa shape index (κ3) is 3.52. The Morgan fingerprint density at radius 1 is 1.26 bits per heavy atom. The quantitative estimate of drug-likeness (QED) is 0.858. The Morgan fingerprint density at radius 3 is 2.43 bits per heavy atom. The van der Waals surface area contributed by atoms with Gasteiger partial charge in [0, 0.05) is 18.7 Å². The van der Waals surface area contributed by atoms with Gasteiger partial charge in [-0.2, -0.15) is 0 Å². The fourth-order valence-electron chi connectivity index (χ4n) is 2.90. The number of nitrogens with zero attached hydrogens (tertiary/aromatic N) is 1. The molecule has 0 aliphatic carbocycles. The molecule has 6 heteroatoms. The molecule has 1 aromatic carbocycles. The van der Waals surface area contributed by atoms with Crippen LogP contribution in [-0.2, 0) is 9.59 Å². The van der Waals surface area contributed by atoms with Crippen LogP contribution in [-0.4, -0.2) is 47.4 Å². The van der Waals surface area contributed by atoms with Crippen molar-refractivity contribution in [1.29, 1.82) is 0 Å². The number of carboxylic acids is 1. The van der Waals surface area contributed by atoms with Crippen molar-refractivity contribution >= 4 is 17.8 Å². The van der Waals surface area contributed by atoms with E-state index in [-0.39, 0.29) is 30.8 Å². The molecular formula is C17H22N2O4. The van der Waals surface area contributed by atoms with Gasteiger partial charge in [0.25, 0.3) is 5.91 Å². The lowest BCUT2D eigenvalue weighted by molar-refractivity contribution is -0.151. The Hall–Kier alpha value is -2.37. The summed E-state index contributed by atoms with van der Waals surface area (Å²) in [6.45, 7) is 4.20. The van der Waals surface area contributed by atoms with Crippen LogP contribution in [0.2, 0.25) is 0 Å². The van der Waals surface area contributed by atoms with E-state index in [0.29, 0.717) is 18.5 Å². The Kier molecular flexibility index (Phi) is 5.03. The van der Waals surface area contributed by atoms with Crippen LogP contribution in [0.1, 0.15) is 30.6 Å². The molecule has 0 aromatic heterocycles. The van der Waals surface area contributed by atoms with Gasteiger partial charge in [-0.25, -0.2) is 0 Å². The second kappa shape index (κ2) is 6.81.